The van der Waals surface area contributed by atoms with Crippen LogP contribution in [0.1, 0.15) is 0 Å². The second-order valence-electron chi connectivity index (χ2n) is 3.37. The molecule has 1 aromatic heterocycles. The molecule has 4 nitrogen and oxygen atoms in total. The maximum absolute atomic E-state index is 8.73. The Bertz CT molecular complexity index is 552. The van der Waals surface area contributed by atoms with Crippen molar-refractivity contribution < 1.29 is 9.47 Å². The molecule has 0 unspecified atom stereocenters. The van der Waals surface area contributed by atoms with Crippen molar-refractivity contribution in [3.63, 3.8) is 0 Å². The molecule has 0 amide bonds. The number of methoxy groups -OCH3 is 2. The minimum Gasteiger partial charge on any atom is -0.497 e. The summed E-state index contributed by atoms with van der Waals surface area (Å²) in [5.74, 6) is 1.47. The molecule has 0 fully saturated rings. The van der Waals surface area contributed by atoms with Crippen molar-refractivity contribution in [1.82, 2.24) is 4.57 Å². The summed E-state index contributed by atoms with van der Waals surface area (Å²) in [5, 5.41) is 9.73. The molecule has 2 rings (SSSR count). The Balaban J connectivity index is 2.68. The second-order valence-corrected chi connectivity index (χ2v) is 3.37. The summed E-state index contributed by atoms with van der Waals surface area (Å²) in [6.07, 6.45) is 1.87. The van der Waals surface area contributed by atoms with Gasteiger partial charge < -0.3 is 14.0 Å². The summed E-state index contributed by atoms with van der Waals surface area (Å²) in [4.78, 5) is 0. The molecular formula is C12H12N2O2. The van der Waals surface area contributed by atoms with E-state index in [0.717, 1.165) is 22.4 Å². The van der Waals surface area contributed by atoms with Gasteiger partial charge >= 0.3 is 0 Å². The second kappa shape index (κ2) is 4.15. The SMILES string of the molecule is COc1cc(OC)c2c(ccn2CC#N)c1. The number of hydrogen-bond donors (Lipinski definition) is 0. The minimum atomic E-state index is 0.312. The van der Waals surface area contributed by atoms with E-state index in [1.54, 1.807) is 14.2 Å². The van der Waals surface area contributed by atoms with Gasteiger partial charge in [-0.25, -0.2) is 0 Å². The summed E-state index contributed by atoms with van der Waals surface area (Å²) in [5.41, 5.74) is 0.921. The highest BCUT2D eigenvalue weighted by Gasteiger charge is 2.09. The number of aromatic nitrogens is 1. The van der Waals surface area contributed by atoms with Gasteiger partial charge in [0.2, 0.25) is 0 Å². The van der Waals surface area contributed by atoms with E-state index in [-0.39, 0.29) is 0 Å². The van der Waals surface area contributed by atoms with E-state index < -0.39 is 0 Å². The lowest BCUT2D eigenvalue weighted by molar-refractivity contribution is 0.397. The molecule has 4 heteroatoms. The van der Waals surface area contributed by atoms with Crippen molar-refractivity contribution in [3.05, 3.63) is 24.4 Å². The predicted molar refractivity (Wildman–Crippen MR) is 60.7 cm³/mol. The standard InChI is InChI=1S/C12H12N2O2/c1-15-10-7-9-3-5-14(6-4-13)12(9)11(8-10)16-2/h3,5,7-8H,6H2,1-2H3. The van der Waals surface area contributed by atoms with Gasteiger partial charge in [-0.3, -0.25) is 0 Å². The minimum absolute atomic E-state index is 0.312. The lowest BCUT2D eigenvalue weighted by Gasteiger charge is -2.08. The summed E-state index contributed by atoms with van der Waals surface area (Å²) in [7, 11) is 3.23. The van der Waals surface area contributed by atoms with Gasteiger partial charge in [0.25, 0.3) is 0 Å². The van der Waals surface area contributed by atoms with Crippen LogP contribution in [0.4, 0.5) is 0 Å². The van der Waals surface area contributed by atoms with Crippen molar-refractivity contribution in [3.8, 4) is 17.6 Å². The van der Waals surface area contributed by atoms with Crippen LogP contribution in [0, 0.1) is 11.3 Å². The summed E-state index contributed by atoms with van der Waals surface area (Å²) >= 11 is 0. The molecule has 0 radical (unpaired) electrons. The molecule has 2 aromatic rings. The number of ether oxygens (including phenoxy) is 2. The van der Waals surface area contributed by atoms with Gasteiger partial charge in [0, 0.05) is 17.6 Å². The van der Waals surface area contributed by atoms with E-state index in [1.165, 1.54) is 0 Å². The third-order valence-corrected chi connectivity index (χ3v) is 2.50. The van der Waals surface area contributed by atoms with Crippen molar-refractivity contribution in [1.29, 1.82) is 5.26 Å². The molecule has 0 N–H and O–H groups in total. The normalized spacial score (nSPS) is 10.1. The Hall–Kier alpha value is -2.15. The van der Waals surface area contributed by atoms with Crippen LogP contribution in [-0.4, -0.2) is 18.8 Å². The predicted octanol–water partition coefficient (Wildman–Crippen LogP) is 2.18. The fourth-order valence-electron chi connectivity index (χ4n) is 1.76. The average Bonchev–Trinajstić information content (AvgIpc) is 2.72. The van der Waals surface area contributed by atoms with Gasteiger partial charge in [-0.1, -0.05) is 0 Å². The topological polar surface area (TPSA) is 47.2 Å². The largest absolute Gasteiger partial charge is 0.497 e. The van der Waals surface area contributed by atoms with E-state index >= 15 is 0 Å². The van der Waals surface area contributed by atoms with Gasteiger partial charge in [0.05, 0.1) is 25.8 Å². The smallest absolute Gasteiger partial charge is 0.146 e. The zero-order chi connectivity index (χ0) is 11.5. The quantitative estimate of drug-likeness (QED) is 0.790. The van der Waals surface area contributed by atoms with Crippen LogP contribution in [0.25, 0.3) is 10.9 Å². The van der Waals surface area contributed by atoms with Crippen LogP contribution < -0.4 is 9.47 Å². The van der Waals surface area contributed by atoms with Crippen LogP contribution in [0.5, 0.6) is 11.5 Å². The molecule has 82 valence electrons. The third-order valence-electron chi connectivity index (χ3n) is 2.50. The number of hydrogen-bond acceptors (Lipinski definition) is 3. The Labute approximate surface area is 93.6 Å². The fourth-order valence-corrected chi connectivity index (χ4v) is 1.76. The number of rotatable bonds is 3. The number of fused-ring (bicyclic) bond motifs is 1. The molecule has 0 atom stereocenters. The Morgan fingerprint density at radius 2 is 2.12 bits per heavy atom. The highest BCUT2D eigenvalue weighted by atomic mass is 16.5. The maximum Gasteiger partial charge on any atom is 0.146 e. The lowest BCUT2D eigenvalue weighted by Crippen LogP contribution is -1.96. The van der Waals surface area contributed by atoms with E-state index in [9.17, 15) is 0 Å². The Kier molecular flexibility index (Phi) is 2.69. The van der Waals surface area contributed by atoms with Crippen molar-refractivity contribution in [2.75, 3.05) is 14.2 Å². The first kappa shape index (κ1) is 10.4. The van der Waals surface area contributed by atoms with Gasteiger partial charge in [-0.15, -0.1) is 0 Å². The van der Waals surface area contributed by atoms with Gasteiger partial charge in [0.15, 0.2) is 0 Å². The summed E-state index contributed by atoms with van der Waals surface area (Å²) in [6.45, 7) is 0.312. The number of nitrogens with zero attached hydrogens (tertiary/aromatic N) is 2. The van der Waals surface area contributed by atoms with E-state index in [0.29, 0.717) is 6.54 Å². The van der Waals surface area contributed by atoms with Gasteiger partial charge in [-0.2, -0.15) is 5.26 Å². The molecule has 0 aliphatic rings. The van der Waals surface area contributed by atoms with E-state index in [1.807, 2.05) is 29.0 Å². The molecular weight excluding hydrogens is 204 g/mol. The molecule has 1 aromatic carbocycles. The molecule has 0 spiro atoms. The van der Waals surface area contributed by atoms with Gasteiger partial charge in [0.1, 0.15) is 18.0 Å². The van der Waals surface area contributed by atoms with E-state index in [2.05, 4.69) is 6.07 Å². The zero-order valence-electron chi connectivity index (χ0n) is 9.23. The zero-order valence-corrected chi connectivity index (χ0v) is 9.23. The average molecular weight is 216 g/mol. The monoisotopic (exact) mass is 216 g/mol. The molecule has 0 saturated carbocycles. The van der Waals surface area contributed by atoms with Crippen LogP contribution in [0.15, 0.2) is 24.4 Å². The Morgan fingerprint density at radius 1 is 1.31 bits per heavy atom. The van der Waals surface area contributed by atoms with Crippen LogP contribution in [0.2, 0.25) is 0 Å². The lowest BCUT2D eigenvalue weighted by atomic mass is 10.2. The summed E-state index contributed by atoms with van der Waals surface area (Å²) < 4.78 is 12.3. The highest BCUT2D eigenvalue weighted by molar-refractivity contribution is 5.87. The van der Waals surface area contributed by atoms with Crippen molar-refractivity contribution in [2.45, 2.75) is 6.54 Å². The first-order chi connectivity index (χ1) is 7.80. The highest BCUT2D eigenvalue weighted by Crippen LogP contribution is 2.31. The van der Waals surface area contributed by atoms with Gasteiger partial charge in [-0.05, 0) is 12.1 Å². The molecule has 0 bridgehead atoms. The first-order valence-corrected chi connectivity index (χ1v) is 4.88. The first-order valence-electron chi connectivity index (χ1n) is 4.88. The van der Waals surface area contributed by atoms with Crippen LogP contribution in [-0.2, 0) is 6.54 Å². The molecule has 1 heterocycles. The summed E-state index contributed by atoms with van der Waals surface area (Å²) in [6, 6.07) is 7.80. The molecule has 0 saturated heterocycles. The van der Waals surface area contributed by atoms with Crippen LogP contribution >= 0.6 is 0 Å². The van der Waals surface area contributed by atoms with Crippen molar-refractivity contribution >= 4 is 10.9 Å². The molecule has 0 aliphatic carbocycles. The van der Waals surface area contributed by atoms with E-state index in [4.69, 9.17) is 14.7 Å². The van der Waals surface area contributed by atoms with Crippen LogP contribution in [0.3, 0.4) is 0 Å². The molecule has 16 heavy (non-hydrogen) atoms. The van der Waals surface area contributed by atoms with Crippen molar-refractivity contribution in [2.24, 2.45) is 0 Å². The number of nitriles is 1. The Morgan fingerprint density at radius 3 is 2.75 bits per heavy atom. The molecule has 0 aliphatic heterocycles. The number of benzene rings is 1. The maximum atomic E-state index is 8.73. The third kappa shape index (κ3) is 1.57. The fraction of sp³-hybridized carbons (Fsp3) is 0.250.